The van der Waals surface area contributed by atoms with Gasteiger partial charge in [0, 0.05) is 0 Å². The van der Waals surface area contributed by atoms with Crippen LogP contribution in [0.5, 0.6) is 0 Å². The number of hydrogen-bond acceptors (Lipinski definition) is 0. The van der Waals surface area contributed by atoms with E-state index in [1.165, 1.54) is 44.9 Å². The summed E-state index contributed by atoms with van der Waals surface area (Å²) in [6, 6.07) is 0. The fourth-order valence-corrected chi connectivity index (χ4v) is 6.25. The molecule has 0 spiro atoms. The van der Waals surface area contributed by atoms with E-state index in [0.29, 0.717) is 5.41 Å². The molecule has 0 heteroatoms. The van der Waals surface area contributed by atoms with Crippen LogP contribution in [-0.4, -0.2) is 0 Å². The molecule has 2 fully saturated rings. The quantitative estimate of drug-likeness (QED) is 0.492. The van der Waals surface area contributed by atoms with E-state index in [-0.39, 0.29) is 0 Å². The molecule has 0 heterocycles. The molecule has 0 bridgehead atoms. The molecule has 2 aliphatic carbocycles. The Kier molecular flexibility index (Phi) is 8.67. The van der Waals surface area contributed by atoms with E-state index in [1.54, 1.807) is 6.42 Å². The van der Waals surface area contributed by atoms with Gasteiger partial charge < -0.3 is 0 Å². The molecular formula is C23H46. The summed E-state index contributed by atoms with van der Waals surface area (Å²) < 4.78 is 0. The second kappa shape index (κ2) is 9.47. The van der Waals surface area contributed by atoms with Crippen LogP contribution in [0.25, 0.3) is 0 Å². The van der Waals surface area contributed by atoms with E-state index in [2.05, 4.69) is 41.5 Å². The summed E-state index contributed by atoms with van der Waals surface area (Å²) in [4.78, 5) is 0. The normalized spacial score (nSPS) is 37.6. The molecule has 0 aliphatic heterocycles. The molecular weight excluding hydrogens is 276 g/mol. The minimum atomic E-state index is 0.510. The summed E-state index contributed by atoms with van der Waals surface area (Å²) in [6.45, 7) is 18.7. The van der Waals surface area contributed by atoms with Crippen LogP contribution >= 0.6 is 0 Å². The lowest BCUT2D eigenvalue weighted by Gasteiger charge is -2.52. The minimum Gasteiger partial charge on any atom is -0.0683 e. The van der Waals surface area contributed by atoms with Crippen LogP contribution < -0.4 is 0 Å². The SMILES string of the molecule is CC.CCC1CCC2C(CC)C(CC(C)(C)C)CCC2C1CC. The molecule has 0 N–H and O–H groups in total. The maximum absolute atomic E-state index is 2.47. The molecule has 0 radical (unpaired) electrons. The summed E-state index contributed by atoms with van der Waals surface area (Å²) in [5.41, 5.74) is 0.510. The Hall–Kier alpha value is 0. The predicted molar refractivity (Wildman–Crippen MR) is 106 cm³/mol. The average Bonchev–Trinajstić information content (AvgIpc) is 2.53. The summed E-state index contributed by atoms with van der Waals surface area (Å²) in [7, 11) is 0. The highest BCUT2D eigenvalue weighted by Crippen LogP contribution is 2.54. The molecule has 0 nitrogen and oxygen atoms in total. The van der Waals surface area contributed by atoms with Gasteiger partial charge in [0.1, 0.15) is 0 Å². The van der Waals surface area contributed by atoms with Gasteiger partial charge >= 0.3 is 0 Å². The number of hydrogen-bond donors (Lipinski definition) is 0. The van der Waals surface area contributed by atoms with Crippen molar-refractivity contribution in [3.05, 3.63) is 0 Å². The Balaban J connectivity index is 0.00000127. The summed E-state index contributed by atoms with van der Waals surface area (Å²) >= 11 is 0. The van der Waals surface area contributed by atoms with Crippen LogP contribution in [0.15, 0.2) is 0 Å². The van der Waals surface area contributed by atoms with Gasteiger partial charge in [0.25, 0.3) is 0 Å². The molecule has 2 aliphatic rings. The van der Waals surface area contributed by atoms with Crippen LogP contribution in [-0.2, 0) is 0 Å². The Morgan fingerprint density at radius 3 is 1.48 bits per heavy atom. The van der Waals surface area contributed by atoms with Crippen LogP contribution in [0.2, 0.25) is 0 Å². The molecule has 23 heavy (non-hydrogen) atoms. The van der Waals surface area contributed by atoms with Crippen molar-refractivity contribution in [3.63, 3.8) is 0 Å². The highest BCUT2D eigenvalue weighted by atomic mass is 14.5. The zero-order chi connectivity index (χ0) is 17.6. The third-order valence-electron chi connectivity index (χ3n) is 6.94. The molecule has 2 saturated carbocycles. The van der Waals surface area contributed by atoms with Gasteiger partial charge in [-0.2, -0.15) is 0 Å². The monoisotopic (exact) mass is 322 g/mol. The first-order valence-corrected chi connectivity index (χ1v) is 10.9. The van der Waals surface area contributed by atoms with Crippen molar-refractivity contribution in [2.45, 2.75) is 107 Å². The van der Waals surface area contributed by atoms with Gasteiger partial charge in [-0.05, 0) is 73.0 Å². The Morgan fingerprint density at radius 1 is 0.652 bits per heavy atom. The molecule has 0 aromatic heterocycles. The Bertz CT molecular complexity index is 310. The van der Waals surface area contributed by atoms with Gasteiger partial charge in [0.2, 0.25) is 0 Å². The Morgan fingerprint density at radius 2 is 1.09 bits per heavy atom. The third-order valence-corrected chi connectivity index (χ3v) is 6.94. The molecule has 0 aromatic rings. The van der Waals surface area contributed by atoms with Gasteiger partial charge in [-0.25, -0.2) is 0 Å². The highest BCUT2D eigenvalue weighted by molar-refractivity contribution is 4.95. The summed E-state index contributed by atoms with van der Waals surface area (Å²) in [5.74, 6) is 6.23. The van der Waals surface area contributed by atoms with Gasteiger partial charge in [-0.3, -0.25) is 0 Å². The molecule has 0 amide bonds. The zero-order valence-corrected chi connectivity index (χ0v) is 17.6. The Labute approximate surface area is 148 Å². The second-order valence-corrected chi connectivity index (χ2v) is 9.32. The molecule has 6 atom stereocenters. The van der Waals surface area contributed by atoms with Crippen molar-refractivity contribution < 1.29 is 0 Å². The lowest BCUT2D eigenvalue weighted by Crippen LogP contribution is -2.44. The molecule has 138 valence electrons. The zero-order valence-electron chi connectivity index (χ0n) is 17.6. The first-order valence-electron chi connectivity index (χ1n) is 10.9. The highest BCUT2D eigenvalue weighted by Gasteiger charge is 2.45. The van der Waals surface area contributed by atoms with Crippen LogP contribution in [0, 0.1) is 40.9 Å². The molecule has 0 saturated heterocycles. The first-order chi connectivity index (χ1) is 10.9. The van der Waals surface area contributed by atoms with Gasteiger partial charge in [0.05, 0.1) is 0 Å². The van der Waals surface area contributed by atoms with Crippen molar-refractivity contribution in [1.29, 1.82) is 0 Å². The van der Waals surface area contributed by atoms with E-state index in [9.17, 15) is 0 Å². The average molecular weight is 323 g/mol. The fourth-order valence-electron chi connectivity index (χ4n) is 6.25. The molecule has 6 unspecified atom stereocenters. The van der Waals surface area contributed by atoms with Crippen LogP contribution in [0.3, 0.4) is 0 Å². The number of fused-ring (bicyclic) bond motifs is 1. The largest absolute Gasteiger partial charge is 0.0683 e. The maximum atomic E-state index is 2.47. The lowest BCUT2D eigenvalue weighted by molar-refractivity contribution is -0.0254. The van der Waals surface area contributed by atoms with Gasteiger partial charge in [0.15, 0.2) is 0 Å². The first kappa shape index (κ1) is 21.0. The van der Waals surface area contributed by atoms with Gasteiger partial charge in [-0.15, -0.1) is 0 Å². The van der Waals surface area contributed by atoms with Crippen molar-refractivity contribution in [3.8, 4) is 0 Å². The van der Waals surface area contributed by atoms with E-state index < -0.39 is 0 Å². The van der Waals surface area contributed by atoms with Gasteiger partial charge in [-0.1, -0.05) is 74.7 Å². The van der Waals surface area contributed by atoms with Crippen LogP contribution in [0.1, 0.15) is 107 Å². The standard InChI is InChI=1S/C21H40.C2H6/c1-7-15-10-12-20-18(9-3)16(14-21(4,5)6)11-13-19(20)17(15)8-2;1-2/h15-20H,7-14H2,1-6H3;1-2H3. The third kappa shape index (κ3) is 5.23. The minimum absolute atomic E-state index is 0.510. The summed E-state index contributed by atoms with van der Waals surface area (Å²) in [6.07, 6.45) is 11.8. The smallest absolute Gasteiger partial charge is 0.0352 e. The molecule has 2 rings (SSSR count). The van der Waals surface area contributed by atoms with Crippen molar-refractivity contribution in [2.24, 2.45) is 40.9 Å². The van der Waals surface area contributed by atoms with Crippen molar-refractivity contribution in [1.82, 2.24) is 0 Å². The number of rotatable bonds is 4. The van der Waals surface area contributed by atoms with Crippen LogP contribution in [0.4, 0.5) is 0 Å². The lowest BCUT2D eigenvalue weighted by atomic mass is 9.53. The van der Waals surface area contributed by atoms with Crippen molar-refractivity contribution in [2.75, 3.05) is 0 Å². The van der Waals surface area contributed by atoms with E-state index in [0.717, 1.165) is 35.5 Å². The van der Waals surface area contributed by atoms with E-state index in [1.807, 2.05) is 13.8 Å². The van der Waals surface area contributed by atoms with Crippen molar-refractivity contribution >= 4 is 0 Å². The second-order valence-electron chi connectivity index (χ2n) is 9.32. The fraction of sp³-hybridized carbons (Fsp3) is 1.00. The van der Waals surface area contributed by atoms with E-state index >= 15 is 0 Å². The predicted octanol–water partition coefficient (Wildman–Crippen LogP) is 7.96. The van der Waals surface area contributed by atoms with E-state index in [4.69, 9.17) is 0 Å². The maximum Gasteiger partial charge on any atom is -0.0352 e. The topological polar surface area (TPSA) is 0 Å². The summed E-state index contributed by atoms with van der Waals surface area (Å²) in [5, 5.41) is 0. The molecule has 0 aromatic carbocycles.